The van der Waals surface area contributed by atoms with E-state index in [9.17, 15) is 13.2 Å². The van der Waals surface area contributed by atoms with Crippen molar-refractivity contribution >= 4 is 16.0 Å². The zero-order valence-corrected chi connectivity index (χ0v) is 11.4. The molecule has 0 spiro atoms. The number of aromatic carboxylic acids is 1. The summed E-state index contributed by atoms with van der Waals surface area (Å²) in [6, 6.07) is 5.79. The van der Waals surface area contributed by atoms with Gasteiger partial charge < -0.3 is 10.2 Å². The van der Waals surface area contributed by atoms with Crippen molar-refractivity contribution in [2.75, 3.05) is 13.2 Å². The molecule has 0 aliphatic heterocycles. The topological polar surface area (TPSA) is 104 Å². The fourth-order valence-corrected chi connectivity index (χ4v) is 2.66. The zero-order valence-electron chi connectivity index (χ0n) is 10.5. The van der Waals surface area contributed by atoms with Gasteiger partial charge in [-0.1, -0.05) is 19.1 Å². The zero-order chi connectivity index (χ0) is 14.5. The number of carboxylic acid groups (broad SMARTS) is 1. The van der Waals surface area contributed by atoms with Gasteiger partial charge in [-0.2, -0.15) is 0 Å². The van der Waals surface area contributed by atoms with Crippen LogP contribution in [0.4, 0.5) is 0 Å². The second-order valence-corrected chi connectivity index (χ2v) is 6.21. The highest BCUT2D eigenvalue weighted by atomic mass is 32.2. The van der Waals surface area contributed by atoms with E-state index in [1.165, 1.54) is 18.2 Å². The van der Waals surface area contributed by atoms with E-state index >= 15 is 0 Å². The second-order valence-electron chi connectivity index (χ2n) is 4.40. The number of nitrogens with one attached hydrogen (secondary N) is 1. The Morgan fingerprint density at radius 3 is 2.68 bits per heavy atom. The minimum atomic E-state index is -3.54. The predicted molar refractivity (Wildman–Crippen MR) is 70.3 cm³/mol. The summed E-state index contributed by atoms with van der Waals surface area (Å²) in [7, 11) is -3.54. The van der Waals surface area contributed by atoms with E-state index in [0.717, 1.165) is 0 Å². The normalized spacial score (nSPS) is 13.2. The molecule has 19 heavy (non-hydrogen) atoms. The van der Waals surface area contributed by atoms with E-state index < -0.39 is 16.0 Å². The summed E-state index contributed by atoms with van der Waals surface area (Å²) in [5.41, 5.74) is 0.459. The van der Waals surface area contributed by atoms with Crippen LogP contribution < -0.4 is 4.72 Å². The molecule has 1 aromatic rings. The van der Waals surface area contributed by atoms with Crippen LogP contribution in [-0.2, 0) is 15.8 Å². The summed E-state index contributed by atoms with van der Waals surface area (Å²) in [4.78, 5) is 10.8. The van der Waals surface area contributed by atoms with E-state index in [-0.39, 0.29) is 30.4 Å². The van der Waals surface area contributed by atoms with Crippen LogP contribution in [-0.4, -0.2) is 37.8 Å². The van der Waals surface area contributed by atoms with Crippen LogP contribution in [0.5, 0.6) is 0 Å². The van der Waals surface area contributed by atoms with Crippen LogP contribution in [0.1, 0.15) is 22.8 Å². The summed E-state index contributed by atoms with van der Waals surface area (Å²) in [5, 5.41) is 17.6. The molecule has 1 unspecified atom stereocenters. The van der Waals surface area contributed by atoms with Crippen LogP contribution in [0.2, 0.25) is 0 Å². The maximum atomic E-state index is 11.8. The smallest absolute Gasteiger partial charge is 0.335 e. The maximum absolute atomic E-state index is 11.8. The van der Waals surface area contributed by atoms with Crippen molar-refractivity contribution in [3.05, 3.63) is 35.4 Å². The molecule has 0 heterocycles. The fraction of sp³-hybridized carbons (Fsp3) is 0.417. The number of rotatable bonds is 7. The van der Waals surface area contributed by atoms with Crippen LogP contribution in [0.25, 0.3) is 0 Å². The third-order valence-corrected chi connectivity index (χ3v) is 3.81. The molecule has 0 fully saturated rings. The lowest BCUT2D eigenvalue weighted by Crippen LogP contribution is -2.30. The first-order valence-corrected chi connectivity index (χ1v) is 7.39. The van der Waals surface area contributed by atoms with E-state index in [1.807, 2.05) is 0 Å². The van der Waals surface area contributed by atoms with Crippen LogP contribution >= 0.6 is 0 Å². The van der Waals surface area contributed by atoms with Crippen molar-refractivity contribution in [2.45, 2.75) is 12.7 Å². The van der Waals surface area contributed by atoms with Crippen LogP contribution in [0.15, 0.2) is 24.3 Å². The average molecular weight is 287 g/mol. The highest BCUT2D eigenvalue weighted by Crippen LogP contribution is 2.09. The largest absolute Gasteiger partial charge is 0.478 e. The number of hydrogen-bond donors (Lipinski definition) is 3. The summed E-state index contributed by atoms with van der Waals surface area (Å²) < 4.78 is 25.9. The molecule has 1 atom stereocenters. The summed E-state index contributed by atoms with van der Waals surface area (Å²) >= 11 is 0. The number of carboxylic acids is 1. The molecule has 0 aliphatic carbocycles. The number of benzene rings is 1. The summed E-state index contributed by atoms with van der Waals surface area (Å²) in [6.45, 7) is 1.77. The number of sulfonamides is 1. The van der Waals surface area contributed by atoms with Gasteiger partial charge in [-0.3, -0.25) is 0 Å². The molecular formula is C12H17NO5S. The van der Waals surface area contributed by atoms with E-state index in [2.05, 4.69) is 4.72 Å². The van der Waals surface area contributed by atoms with Crippen molar-refractivity contribution in [2.24, 2.45) is 5.92 Å². The van der Waals surface area contributed by atoms with Crippen molar-refractivity contribution in [3.8, 4) is 0 Å². The van der Waals surface area contributed by atoms with Crippen molar-refractivity contribution in [3.63, 3.8) is 0 Å². The number of carbonyl (C=O) groups is 1. The lowest BCUT2D eigenvalue weighted by Gasteiger charge is -2.10. The van der Waals surface area contributed by atoms with Gasteiger partial charge in [0.15, 0.2) is 0 Å². The Morgan fingerprint density at radius 2 is 2.11 bits per heavy atom. The minimum Gasteiger partial charge on any atom is -0.478 e. The Bertz CT molecular complexity index is 541. The van der Waals surface area contributed by atoms with Gasteiger partial charge in [-0.25, -0.2) is 17.9 Å². The van der Waals surface area contributed by atoms with Crippen LogP contribution in [0.3, 0.4) is 0 Å². The highest BCUT2D eigenvalue weighted by molar-refractivity contribution is 7.88. The van der Waals surface area contributed by atoms with Gasteiger partial charge in [0.25, 0.3) is 0 Å². The average Bonchev–Trinajstić information content (AvgIpc) is 2.35. The Kier molecular flexibility index (Phi) is 5.46. The molecular weight excluding hydrogens is 270 g/mol. The molecule has 0 saturated heterocycles. The third kappa shape index (κ3) is 5.37. The molecule has 0 amide bonds. The first-order chi connectivity index (χ1) is 8.84. The molecule has 6 nitrogen and oxygen atoms in total. The number of hydrogen-bond acceptors (Lipinski definition) is 4. The molecule has 0 aliphatic rings. The van der Waals surface area contributed by atoms with Gasteiger partial charge in [-0.15, -0.1) is 0 Å². The molecule has 1 rings (SSSR count). The Morgan fingerprint density at radius 1 is 1.42 bits per heavy atom. The second kappa shape index (κ2) is 6.65. The molecule has 0 saturated carbocycles. The van der Waals surface area contributed by atoms with Gasteiger partial charge in [0.2, 0.25) is 10.0 Å². The standard InChI is InChI=1S/C12H17NO5S/c1-9(7-14)6-13-19(17,18)8-10-3-2-4-11(5-10)12(15)16/h2-5,9,13-14H,6-8H2,1H3,(H,15,16). The lowest BCUT2D eigenvalue weighted by atomic mass is 10.1. The molecule has 1 aromatic carbocycles. The molecule has 3 N–H and O–H groups in total. The van der Waals surface area contributed by atoms with Gasteiger partial charge in [0.1, 0.15) is 0 Å². The first kappa shape index (κ1) is 15.6. The van der Waals surface area contributed by atoms with Crippen LogP contribution in [0, 0.1) is 5.92 Å². The number of aliphatic hydroxyl groups is 1. The number of aliphatic hydroxyl groups excluding tert-OH is 1. The summed E-state index contributed by atoms with van der Waals surface area (Å²) in [5.74, 6) is -1.55. The van der Waals surface area contributed by atoms with Gasteiger partial charge in [-0.05, 0) is 23.6 Å². The fourth-order valence-electron chi connectivity index (χ4n) is 1.40. The molecule has 106 valence electrons. The lowest BCUT2D eigenvalue weighted by molar-refractivity contribution is 0.0696. The predicted octanol–water partition coefficient (Wildman–Crippen LogP) is 0.433. The van der Waals surface area contributed by atoms with E-state index in [4.69, 9.17) is 10.2 Å². The molecule has 0 radical (unpaired) electrons. The molecule has 0 bridgehead atoms. The maximum Gasteiger partial charge on any atom is 0.335 e. The van der Waals surface area contributed by atoms with E-state index in [1.54, 1.807) is 13.0 Å². The highest BCUT2D eigenvalue weighted by Gasteiger charge is 2.14. The monoisotopic (exact) mass is 287 g/mol. The third-order valence-electron chi connectivity index (χ3n) is 2.49. The van der Waals surface area contributed by atoms with Gasteiger partial charge in [0, 0.05) is 13.2 Å². The Hall–Kier alpha value is -1.44. The van der Waals surface area contributed by atoms with Crippen molar-refractivity contribution in [1.29, 1.82) is 0 Å². The quantitative estimate of drug-likeness (QED) is 0.675. The molecule has 7 heteroatoms. The van der Waals surface area contributed by atoms with E-state index in [0.29, 0.717) is 5.56 Å². The van der Waals surface area contributed by atoms with Gasteiger partial charge in [0.05, 0.1) is 11.3 Å². The SMILES string of the molecule is CC(CO)CNS(=O)(=O)Cc1cccc(C(=O)O)c1. The van der Waals surface area contributed by atoms with Crippen molar-refractivity contribution in [1.82, 2.24) is 4.72 Å². The minimum absolute atomic E-state index is 0.0522. The first-order valence-electron chi connectivity index (χ1n) is 5.74. The Balaban J connectivity index is 2.72. The molecule has 0 aromatic heterocycles. The van der Waals surface area contributed by atoms with Gasteiger partial charge >= 0.3 is 5.97 Å². The summed E-state index contributed by atoms with van der Waals surface area (Å²) in [6.07, 6.45) is 0. The van der Waals surface area contributed by atoms with Crippen molar-refractivity contribution < 1.29 is 23.4 Å². The Labute approximate surface area is 112 Å².